The van der Waals surface area contributed by atoms with Crippen molar-refractivity contribution in [2.24, 2.45) is 0 Å². The molecule has 0 saturated carbocycles. The molecule has 2 aromatic rings. The van der Waals surface area contributed by atoms with E-state index >= 15 is 0 Å². The monoisotopic (exact) mass is 238 g/mol. The number of H-pyrrole nitrogens is 1. The highest BCUT2D eigenvalue weighted by molar-refractivity contribution is 5.86. The fourth-order valence-electron chi connectivity index (χ4n) is 2.27. The van der Waals surface area contributed by atoms with E-state index in [2.05, 4.69) is 22.4 Å². The molecule has 0 spiro atoms. The summed E-state index contributed by atoms with van der Waals surface area (Å²) in [5.41, 5.74) is 3.98. The van der Waals surface area contributed by atoms with Crippen LogP contribution in [0.3, 0.4) is 0 Å². The third-order valence-electron chi connectivity index (χ3n) is 3.06. The van der Waals surface area contributed by atoms with Gasteiger partial charge in [-0.15, -0.1) is 12.4 Å². The molecule has 0 bridgehead atoms. The first-order valence-corrected chi connectivity index (χ1v) is 5.26. The zero-order valence-electron chi connectivity index (χ0n) is 9.17. The molecule has 16 heavy (non-hydrogen) atoms. The minimum Gasteiger partial charge on any atom is -0.497 e. The summed E-state index contributed by atoms with van der Waals surface area (Å²) in [4.78, 5) is 3.45. The minimum absolute atomic E-state index is 0. The molecule has 0 aliphatic carbocycles. The molecule has 2 heterocycles. The molecule has 0 radical (unpaired) electrons. The zero-order valence-corrected chi connectivity index (χ0v) is 9.99. The lowest BCUT2D eigenvalue weighted by molar-refractivity contribution is 0.415. The third kappa shape index (κ3) is 1.66. The molecule has 3 nitrogen and oxygen atoms in total. The number of nitrogens with one attached hydrogen (secondary N) is 2. The molecule has 0 saturated heterocycles. The molecule has 1 aromatic carbocycles. The van der Waals surface area contributed by atoms with E-state index in [0.717, 1.165) is 25.3 Å². The molecule has 0 amide bonds. The van der Waals surface area contributed by atoms with Gasteiger partial charge in [-0.2, -0.15) is 0 Å². The first-order chi connectivity index (χ1) is 7.38. The zero-order chi connectivity index (χ0) is 10.3. The van der Waals surface area contributed by atoms with Crippen LogP contribution in [0.5, 0.6) is 5.75 Å². The van der Waals surface area contributed by atoms with Gasteiger partial charge in [0.05, 0.1) is 7.11 Å². The summed E-state index contributed by atoms with van der Waals surface area (Å²) in [6.07, 6.45) is 1.10. The molecule has 0 fully saturated rings. The van der Waals surface area contributed by atoms with E-state index in [9.17, 15) is 0 Å². The van der Waals surface area contributed by atoms with Crippen molar-refractivity contribution in [3.05, 3.63) is 29.5 Å². The second kappa shape index (κ2) is 4.36. The fraction of sp³-hybridized carbons (Fsp3) is 0.333. The minimum atomic E-state index is 0. The lowest BCUT2D eigenvalue weighted by Crippen LogP contribution is -2.22. The van der Waals surface area contributed by atoms with Crippen molar-refractivity contribution in [3.8, 4) is 5.75 Å². The van der Waals surface area contributed by atoms with E-state index in [1.54, 1.807) is 7.11 Å². The van der Waals surface area contributed by atoms with Crippen LogP contribution in [0, 0.1) is 0 Å². The highest BCUT2D eigenvalue weighted by atomic mass is 35.5. The number of ether oxygens (including phenoxy) is 1. The quantitative estimate of drug-likeness (QED) is 0.800. The van der Waals surface area contributed by atoms with Crippen molar-refractivity contribution in [2.75, 3.05) is 13.7 Å². The van der Waals surface area contributed by atoms with Gasteiger partial charge in [-0.1, -0.05) is 0 Å². The highest BCUT2D eigenvalue weighted by Gasteiger charge is 2.14. The second-order valence-electron chi connectivity index (χ2n) is 3.92. The van der Waals surface area contributed by atoms with Crippen molar-refractivity contribution < 1.29 is 4.74 Å². The number of methoxy groups -OCH3 is 1. The van der Waals surface area contributed by atoms with Crippen molar-refractivity contribution in [1.82, 2.24) is 10.3 Å². The van der Waals surface area contributed by atoms with Gasteiger partial charge in [0.2, 0.25) is 0 Å². The Morgan fingerprint density at radius 2 is 2.19 bits per heavy atom. The van der Waals surface area contributed by atoms with Crippen LogP contribution in [0.4, 0.5) is 0 Å². The number of halogens is 1. The predicted molar refractivity (Wildman–Crippen MR) is 67.5 cm³/mol. The van der Waals surface area contributed by atoms with Crippen molar-refractivity contribution >= 4 is 23.3 Å². The molecule has 86 valence electrons. The average molecular weight is 239 g/mol. The number of aromatic nitrogens is 1. The summed E-state index contributed by atoms with van der Waals surface area (Å²) >= 11 is 0. The number of rotatable bonds is 1. The summed E-state index contributed by atoms with van der Waals surface area (Å²) in [6, 6.07) is 6.21. The van der Waals surface area contributed by atoms with Gasteiger partial charge < -0.3 is 15.0 Å². The van der Waals surface area contributed by atoms with Crippen LogP contribution >= 0.6 is 12.4 Å². The molecule has 2 N–H and O–H groups in total. The smallest absolute Gasteiger partial charge is 0.119 e. The first-order valence-electron chi connectivity index (χ1n) is 5.26. The van der Waals surface area contributed by atoms with Crippen LogP contribution in [0.15, 0.2) is 18.2 Å². The Kier molecular flexibility index (Phi) is 3.08. The largest absolute Gasteiger partial charge is 0.497 e. The number of fused-ring (bicyclic) bond motifs is 3. The van der Waals surface area contributed by atoms with E-state index in [0.29, 0.717) is 0 Å². The van der Waals surface area contributed by atoms with Gasteiger partial charge in [0, 0.05) is 23.1 Å². The Balaban J connectivity index is 0.000000963. The van der Waals surface area contributed by atoms with Crippen LogP contribution in [-0.4, -0.2) is 18.6 Å². The van der Waals surface area contributed by atoms with Gasteiger partial charge >= 0.3 is 0 Å². The first kappa shape index (κ1) is 11.3. The van der Waals surface area contributed by atoms with E-state index in [1.165, 1.54) is 22.2 Å². The molecule has 1 aliphatic heterocycles. The predicted octanol–water partition coefficient (Wildman–Crippen LogP) is 2.24. The molecule has 1 aromatic heterocycles. The summed E-state index contributed by atoms with van der Waals surface area (Å²) in [6.45, 7) is 2.02. The highest BCUT2D eigenvalue weighted by Crippen LogP contribution is 2.28. The van der Waals surface area contributed by atoms with Crippen molar-refractivity contribution in [2.45, 2.75) is 13.0 Å². The van der Waals surface area contributed by atoms with Gasteiger partial charge in [-0.05, 0) is 36.7 Å². The third-order valence-corrected chi connectivity index (χ3v) is 3.06. The molecule has 3 rings (SSSR count). The Bertz CT molecular complexity index is 507. The SMILES string of the molecule is COc1ccc2[nH]c3c(c2c1)CCNC3.Cl. The molecule has 4 heteroatoms. The van der Waals surface area contributed by atoms with Crippen LogP contribution in [0.25, 0.3) is 10.9 Å². The standard InChI is InChI=1S/C12H14N2O.ClH/c1-15-8-2-3-11-10(6-8)9-4-5-13-7-12(9)14-11;/h2-3,6,13-14H,4-5,7H2,1H3;1H. The normalized spacial score (nSPS) is 14.3. The average Bonchev–Trinajstić information content (AvgIpc) is 2.66. The van der Waals surface area contributed by atoms with Gasteiger partial charge in [0.1, 0.15) is 5.75 Å². The fourth-order valence-corrected chi connectivity index (χ4v) is 2.27. The Morgan fingerprint density at radius 3 is 3.00 bits per heavy atom. The topological polar surface area (TPSA) is 37.0 Å². The Morgan fingerprint density at radius 1 is 1.31 bits per heavy atom. The Labute approximate surface area is 101 Å². The van der Waals surface area contributed by atoms with E-state index < -0.39 is 0 Å². The number of hydrogen-bond donors (Lipinski definition) is 2. The maximum absolute atomic E-state index is 5.25. The van der Waals surface area contributed by atoms with Gasteiger partial charge in [-0.25, -0.2) is 0 Å². The lowest BCUT2D eigenvalue weighted by Gasteiger charge is -2.12. The maximum Gasteiger partial charge on any atom is 0.119 e. The van der Waals surface area contributed by atoms with Crippen molar-refractivity contribution in [3.63, 3.8) is 0 Å². The van der Waals surface area contributed by atoms with Gasteiger partial charge in [-0.3, -0.25) is 0 Å². The van der Waals surface area contributed by atoms with Crippen LogP contribution in [0.1, 0.15) is 11.3 Å². The van der Waals surface area contributed by atoms with Crippen LogP contribution in [-0.2, 0) is 13.0 Å². The van der Waals surface area contributed by atoms with Crippen LogP contribution < -0.4 is 10.1 Å². The molecule has 0 unspecified atom stereocenters. The lowest BCUT2D eigenvalue weighted by atomic mass is 10.0. The molecule has 1 aliphatic rings. The molecule has 0 atom stereocenters. The molecular formula is C12H15ClN2O. The van der Waals surface area contributed by atoms with Gasteiger partial charge in [0.25, 0.3) is 0 Å². The summed E-state index contributed by atoms with van der Waals surface area (Å²) in [5, 5.41) is 4.68. The van der Waals surface area contributed by atoms with E-state index in [-0.39, 0.29) is 12.4 Å². The second-order valence-corrected chi connectivity index (χ2v) is 3.92. The summed E-state index contributed by atoms with van der Waals surface area (Å²) in [5.74, 6) is 0.933. The van der Waals surface area contributed by atoms with Crippen LogP contribution in [0.2, 0.25) is 0 Å². The number of aromatic amines is 1. The molecular weight excluding hydrogens is 224 g/mol. The van der Waals surface area contributed by atoms with E-state index in [4.69, 9.17) is 4.74 Å². The maximum atomic E-state index is 5.25. The Hall–Kier alpha value is -1.19. The summed E-state index contributed by atoms with van der Waals surface area (Å²) in [7, 11) is 1.71. The summed E-state index contributed by atoms with van der Waals surface area (Å²) < 4.78 is 5.25. The van der Waals surface area contributed by atoms with Crippen molar-refractivity contribution in [1.29, 1.82) is 0 Å². The number of benzene rings is 1. The van der Waals surface area contributed by atoms with E-state index in [1.807, 2.05) is 6.07 Å². The van der Waals surface area contributed by atoms with Gasteiger partial charge in [0.15, 0.2) is 0 Å². The number of hydrogen-bond acceptors (Lipinski definition) is 2.